The van der Waals surface area contributed by atoms with Crippen LogP contribution in [0, 0.1) is 6.92 Å². The molecule has 2 N–H and O–H groups in total. The van der Waals surface area contributed by atoms with Gasteiger partial charge in [-0.15, -0.1) is 0 Å². The summed E-state index contributed by atoms with van der Waals surface area (Å²) in [5.41, 5.74) is 3.32. The molecule has 3 aromatic carbocycles. The summed E-state index contributed by atoms with van der Waals surface area (Å²) in [7, 11) is 1.31. The molecule has 0 spiro atoms. The van der Waals surface area contributed by atoms with Crippen LogP contribution < -0.4 is 20.3 Å². The second-order valence-electron chi connectivity index (χ2n) is 8.98. The van der Waals surface area contributed by atoms with Crippen molar-refractivity contribution in [2.45, 2.75) is 6.92 Å². The lowest BCUT2D eigenvalue weighted by atomic mass is 10.1. The molecule has 0 saturated carbocycles. The fourth-order valence-corrected chi connectivity index (χ4v) is 4.46. The van der Waals surface area contributed by atoms with Gasteiger partial charge in [0.05, 0.1) is 24.0 Å². The summed E-state index contributed by atoms with van der Waals surface area (Å²) in [6.07, 6.45) is 0. The van der Waals surface area contributed by atoms with Crippen LogP contribution in [0.3, 0.4) is 0 Å². The highest BCUT2D eigenvalue weighted by Gasteiger charge is 2.24. The van der Waals surface area contributed by atoms with E-state index in [0.29, 0.717) is 48.7 Å². The molecule has 10 heteroatoms. The maximum absolute atomic E-state index is 12.8. The van der Waals surface area contributed by atoms with Crippen molar-refractivity contribution in [2.75, 3.05) is 50.1 Å². The topological polar surface area (TPSA) is 100 Å². The zero-order valence-electron chi connectivity index (χ0n) is 21.8. The van der Waals surface area contributed by atoms with Gasteiger partial charge in [0.15, 0.2) is 11.7 Å². The quantitative estimate of drug-likeness (QED) is 0.342. The Morgan fingerprint density at radius 1 is 0.897 bits per heavy atom. The number of piperazine rings is 1. The van der Waals surface area contributed by atoms with E-state index in [2.05, 4.69) is 15.5 Å². The normalized spacial score (nSPS) is 12.9. The molecule has 1 saturated heterocycles. The van der Waals surface area contributed by atoms with E-state index in [0.717, 1.165) is 11.3 Å². The van der Waals surface area contributed by atoms with Crippen LogP contribution in [0.5, 0.6) is 5.75 Å². The molecule has 0 aromatic heterocycles. The summed E-state index contributed by atoms with van der Waals surface area (Å²) >= 11 is 5.38. The molecule has 4 rings (SSSR count). The molecule has 0 aliphatic carbocycles. The third-order valence-electron chi connectivity index (χ3n) is 6.21. The minimum atomic E-state index is -0.496. The number of nitrogens with one attached hydrogen (secondary N) is 2. The van der Waals surface area contributed by atoms with Crippen molar-refractivity contribution < 1.29 is 23.9 Å². The predicted molar refractivity (Wildman–Crippen MR) is 153 cm³/mol. The van der Waals surface area contributed by atoms with E-state index in [1.807, 2.05) is 60.4 Å². The van der Waals surface area contributed by atoms with Crippen LogP contribution in [0.25, 0.3) is 0 Å². The monoisotopic (exact) mass is 546 g/mol. The number of hydrogen-bond donors (Lipinski definition) is 2. The Morgan fingerprint density at radius 3 is 2.33 bits per heavy atom. The lowest BCUT2D eigenvalue weighted by Gasteiger charge is -2.37. The van der Waals surface area contributed by atoms with Gasteiger partial charge in [0, 0.05) is 31.7 Å². The molecular formula is C29H30N4O5S. The van der Waals surface area contributed by atoms with E-state index in [9.17, 15) is 14.4 Å². The summed E-state index contributed by atoms with van der Waals surface area (Å²) < 4.78 is 10.4. The van der Waals surface area contributed by atoms with Gasteiger partial charge >= 0.3 is 5.97 Å². The fourth-order valence-electron chi connectivity index (χ4n) is 4.24. The van der Waals surface area contributed by atoms with Crippen LogP contribution >= 0.6 is 12.2 Å². The first-order valence-electron chi connectivity index (χ1n) is 12.5. The number of anilines is 2. The predicted octanol–water partition coefficient (Wildman–Crippen LogP) is 3.64. The van der Waals surface area contributed by atoms with Gasteiger partial charge in [0.2, 0.25) is 0 Å². The van der Waals surface area contributed by atoms with E-state index < -0.39 is 11.9 Å². The molecule has 1 fully saturated rings. The Kier molecular flexibility index (Phi) is 9.11. The molecule has 1 heterocycles. The van der Waals surface area contributed by atoms with Crippen molar-refractivity contribution in [1.82, 2.24) is 10.2 Å². The first-order chi connectivity index (χ1) is 18.8. The average Bonchev–Trinajstić information content (AvgIpc) is 2.96. The van der Waals surface area contributed by atoms with E-state index in [4.69, 9.17) is 21.7 Å². The summed E-state index contributed by atoms with van der Waals surface area (Å²) in [5.74, 6) is -0.342. The van der Waals surface area contributed by atoms with E-state index in [-0.39, 0.29) is 17.6 Å². The lowest BCUT2D eigenvalue weighted by molar-refractivity contribution is -0.121. The van der Waals surface area contributed by atoms with Crippen LogP contribution in [0.1, 0.15) is 26.3 Å². The van der Waals surface area contributed by atoms with Gasteiger partial charge in [-0.2, -0.15) is 0 Å². The summed E-state index contributed by atoms with van der Waals surface area (Å²) in [4.78, 5) is 41.4. The first-order valence-corrected chi connectivity index (χ1v) is 12.9. The van der Waals surface area contributed by atoms with Gasteiger partial charge in [-0.25, -0.2) is 4.79 Å². The average molecular weight is 547 g/mol. The number of esters is 1. The molecule has 0 radical (unpaired) electrons. The maximum atomic E-state index is 12.8. The number of carbonyl (C=O) groups is 3. The van der Waals surface area contributed by atoms with Crippen LogP contribution in [-0.2, 0) is 9.53 Å². The number of aryl methyl sites for hydroxylation is 1. The highest BCUT2D eigenvalue weighted by Crippen LogP contribution is 2.29. The van der Waals surface area contributed by atoms with Crippen LogP contribution in [0.15, 0.2) is 72.8 Å². The van der Waals surface area contributed by atoms with Gasteiger partial charge in [-0.1, -0.05) is 30.3 Å². The number of carbonyl (C=O) groups excluding carboxylic acids is 3. The minimum absolute atomic E-state index is 0.00795. The molecule has 2 amide bonds. The molecule has 202 valence electrons. The zero-order valence-corrected chi connectivity index (χ0v) is 22.6. The van der Waals surface area contributed by atoms with Gasteiger partial charge < -0.3 is 24.6 Å². The highest BCUT2D eigenvalue weighted by atomic mass is 32.1. The number of nitrogens with zero attached hydrogens (tertiary/aromatic N) is 2. The molecule has 1 aliphatic heterocycles. The highest BCUT2D eigenvalue weighted by molar-refractivity contribution is 7.80. The van der Waals surface area contributed by atoms with E-state index in [1.165, 1.54) is 7.11 Å². The first kappa shape index (κ1) is 27.6. The summed E-state index contributed by atoms with van der Waals surface area (Å²) in [5, 5.41) is 5.72. The number of benzene rings is 3. The summed E-state index contributed by atoms with van der Waals surface area (Å²) in [6, 6.07) is 21.7. The zero-order chi connectivity index (χ0) is 27.8. The molecule has 9 nitrogen and oxygen atoms in total. The second kappa shape index (κ2) is 12.9. The molecule has 3 aromatic rings. The Balaban J connectivity index is 1.41. The van der Waals surface area contributed by atoms with E-state index in [1.54, 1.807) is 24.3 Å². The van der Waals surface area contributed by atoms with Crippen LogP contribution in [0.4, 0.5) is 11.4 Å². The number of ether oxygens (including phenoxy) is 2. The molecule has 1 aliphatic rings. The SMILES string of the molecule is COC(=O)c1ccc(N2CCN(C(=O)c3ccccc3)CC2)c(NC(=S)NC(=O)COc2cccc(C)c2)c1. The van der Waals surface area contributed by atoms with Crippen molar-refractivity contribution in [3.05, 3.63) is 89.5 Å². The molecule has 39 heavy (non-hydrogen) atoms. The number of rotatable bonds is 7. The van der Waals surface area contributed by atoms with E-state index >= 15 is 0 Å². The third kappa shape index (κ3) is 7.32. The largest absolute Gasteiger partial charge is 0.484 e. The van der Waals surface area contributed by atoms with Crippen molar-refractivity contribution in [3.8, 4) is 5.75 Å². The lowest BCUT2D eigenvalue weighted by Crippen LogP contribution is -2.49. The number of methoxy groups -OCH3 is 1. The Bertz CT molecular complexity index is 1360. The van der Waals surface area contributed by atoms with Crippen molar-refractivity contribution in [3.63, 3.8) is 0 Å². The van der Waals surface area contributed by atoms with Crippen molar-refractivity contribution >= 4 is 46.5 Å². The third-order valence-corrected chi connectivity index (χ3v) is 6.41. The minimum Gasteiger partial charge on any atom is -0.484 e. The van der Waals surface area contributed by atoms with Crippen LogP contribution in [0.2, 0.25) is 0 Å². The van der Waals surface area contributed by atoms with Gasteiger partial charge in [-0.3, -0.25) is 14.9 Å². The molecular weight excluding hydrogens is 516 g/mol. The fraction of sp³-hybridized carbons (Fsp3) is 0.241. The Labute approximate surface area is 232 Å². The second-order valence-corrected chi connectivity index (χ2v) is 9.38. The van der Waals surface area contributed by atoms with Gasteiger partial charge in [0.25, 0.3) is 11.8 Å². The van der Waals surface area contributed by atoms with Crippen molar-refractivity contribution in [2.24, 2.45) is 0 Å². The molecule has 0 atom stereocenters. The Hall–Kier alpha value is -4.44. The summed E-state index contributed by atoms with van der Waals surface area (Å²) in [6.45, 7) is 3.94. The maximum Gasteiger partial charge on any atom is 0.337 e. The standard InChI is InChI=1S/C29H30N4O5S/c1-20-7-6-10-23(17-20)38-19-26(34)31-29(39)30-24-18-22(28(36)37-2)11-12-25(24)32-13-15-33(16-14-32)27(35)21-8-4-3-5-9-21/h3-12,17-18H,13-16,19H2,1-2H3,(H2,30,31,34,39). The van der Waals surface area contributed by atoms with Crippen molar-refractivity contribution in [1.29, 1.82) is 0 Å². The Morgan fingerprint density at radius 2 is 1.64 bits per heavy atom. The van der Waals surface area contributed by atoms with Gasteiger partial charge in [0.1, 0.15) is 5.75 Å². The van der Waals surface area contributed by atoms with Gasteiger partial charge in [-0.05, 0) is 67.2 Å². The smallest absolute Gasteiger partial charge is 0.337 e. The number of amides is 2. The molecule has 0 unspecified atom stereocenters. The number of thiocarbonyl (C=S) groups is 1. The number of hydrogen-bond acceptors (Lipinski definition) is 7. The van der Waals surface area contributed by atoms with Crippen LogP contribution in [-0.4, -0.2) is 67.7 Å². The molecule has 0 bridgehead atoms.